The molecule has 2 aromatic carbocycles. The van der Waals surface area contributed by atoms with Gasteiger partial charge in [-0.25, -0.2) is 4.68 Å². The van der Waals surface area contributed by atoms with Gasteiger partial charge in [-0.1, -0.05) is 46.3 Å². The van der Waals surface area contributed by atoms with Crippen LogP contribution in [0.25, 0.3) is 16.9 Å². The second-order valence-electron chi connectivity index (χ2n) is 6.53. The molecule has 0 radical (unpaired) electrons. The van der Waals surface area contributed by atoms with Gasteiger partial charge in [0.15, 0.2) is 0 Å². The Morgan fingerprint density at radius 2 is 1.73 bits per heavy atom. The monoisotopic (exact) mass is 409 g/mol. The summed E-state index contributed by atoms with van der Waals surface area (Å²) in [6, 6.07) is 17.9. The lowest BCUT2D eigenvalue weighted by Gasteiger charge is -2.26. The highest BCUT2D eigenvalue weighted by Crippen LogP contribution is 2.28. The number of hydrogen-bond acceptors (Lipinski definition) is 2. The van der Waals surface area contributed by atoms with E-state index in [0.29, 0.717) is 5.56 Å². The van der Waals surface area contributed by atoms with E-state index in [0.717, 1.165) is 47.3 Å². The molecule has 4 nitrogen and oxygen atoms in total. The number of para-hydroxylation sites is 1. The summed E-state index contributed by atoms with van der Waals surface area (Å²) in [7, 11) is 0. The first-order valence-corrected chi connectivity index (χ1v) is 9.72. The third-order valence-electron chi connectivity index (χ3n) is 4.71. The summed E-state index contributed by atoms with van der Waals surface area (Å²) < 4.78 is 2.77. The zero-order valence-corrected chi connectivity index (χ0v) is 16.0. The second kappa shape index (κ2) is 7.46. The van der Waals surface area contributed by atoms with Crippen LogP contribution in [0.2, 0.25) is 0 Å². The molecule has 1 amide bonds. The average molecular weight is 410 g/mol. The maximum absolute atomic E-state index is 13.2. The molecule has 0 bridgehead atoms. The minimum atomic E-state index is 0.0712. The van der Waals surface area contributed by atoms with Crippen LogP contribution in [-0.2, 0) is 0 Å². The van der Waals surface area contributed by atoms with Crippen molar-refractivity contribution >= 4 is 21.8 Å². The molecular formula is C21H20BrN3O. The zero-order chi connectivity index (χ0) is 17.9. The van der Waals surface area contributed by atoms with E-state index in [-0.39, 0.29) is 5.91 Å². The lowest BCUT2D eigenvalue weighted by Crippen LogP contribution is -2.35. The smallest absolute Gasteiger partial charge is 0.257 e. The van der Waals surface area contributed by atoms with Crippen molar-refractivity contribution in [3.63, 3.8) is 0 Å². The van der Waals surface area contributed by atoms with Crippen molar-refractivity contribution in [1.82, 2.24) is 14.7 Å². The van der Waals surface area contributed by atoms with Crippen LogP contribution in [0.4, 0.5) is 0 Å². The van der Waals surface area contributed by atoms with Crippen molar-refractivity contribution in [2.75, 3.05) is 13.1 Å². The summed E-state index contributed by atoms with van der Waals surface area (Å²) >= 11 is 3.52. The van der Waals surface area contributed by atoms with Gasteiger partial charge in [0, 0.05) is 29.3 Å². The van der Waals surface area contributed by atoms with Crippen molar-refractivity contribution in [2.45, 2.75) is 19.3 Å². The standard InChI is InChI=1S/C21H20BrN3O/c22-17-9-7-8-16(14-17)20-19(21(26)24-12-5-2-6-13-24)15-25(23-20)18-10-3-1-4-11-18/h1,3-4,7-11,14-15H,2,5-6,12-13H2. The molecule has 0 saturated carbocycles. The molecule has 0 atom stereocenters. The Kier molecular flexibility index (Phi) is 4.89. The number of amides is 1. The minimum absolute atomic E-state index is 0.0712. The number of aromatic nitrogens is 2. The van der Waals surface area contributed by atoms with Crippen LogP contribution < -0.4 is 0 Å². The Morgan fingerprint density at radius 3 is 2.46 bits per heavy atom. The Bertz CT molecular complexity index is 914. The first-order valence-electron chi connectivity index (χ1n) is 8.93. The van der Waals surface area contributed by atoms with E-state index in [9.17, 15) is 4.79 Å². The number of rotatable bonds is 3. The largest absolute Gasteiger partial charge is 0.339 e. The molecule has 0 unspecified atom stereocenters. The lowest BCUT2D eigenvalue weighted by atomic mass is 10.1. The molecule has 1 fully saturated rings. The SMILES string of the molecule is O=C(c1cn(-c2ccccc2)nc1-c1cccc(Br)c1)N1CCCCC1. The quantitative estimate of drug-likeness (QED) is 0.614. The van der Waals surface area contributed by atoms with Gasteiger partial charge < -0.3 is 4.90 Å². The van der Waals surface area contributed by atoms with Crippen LogP contribution in [0.15, 0.2) is 65.3 Å². The molecular weight excluding hydrogens is 390 g/mol. The van der Waals surface area contributed by atoms with E-state index in [2.05, 4.69) is 15.9 Å². The number of piperidine rings is 1. The Morgan fingerprint density at radius 1 is 0.962 bits per heavy atom. The van der Waals surface area contributed by atoms with Crippen molar-refractivity contribution in [3.8, 4) is 16.9 Å². The van der Waals surface area contributed by atoms with Crippen LogP contribution in [0.1, 0.15) is 29.6 Å². The number of nitrogens with zero attached hydrogens (tertiary/aromatic N) is 3. The van der Waals surface area contributed by atoms with Gasteiger partial charge in [-0.15, -0.1) is 0 Å². The normalized spacial score (nSPS) is 14.4. The highest BCUT2D eigenvalue weighted by Gasteiger charge is 2.24. The summed E-state index contributed by atoms with van der Waals surface area (Å²) in [4.78, 5) is 15.1. The molecule has 1 aliphatic rings. The molecule has 1 aromatic heterocycles. The third-order valence-corrected chi connectivity index (χ3v) is 5.20. The maximum Gasteiger partial charge on any atom is 0.257 e. The van der Waals surface area contributed by atoms with Gasteiger partial charge >= 0.3 is 0 Å². The van der Waals surface area contributed by atoms with Crippen molar-refractivity contribution in [2.24, 2.45) is 0 Å². The molecule has 132 valence electrons. The summed E-state index contributed by atoms with van der Waals surface area (Å²) in [6.07, 6.45) is 5.21. The number of hydrogen-bond donors (Lipinski definition) is 0. The molecule has 1 aliphatic heterocycles. The van der Waals surface area contributed by atoms with E-state index in [1.165, 1.54) is 6.42 Å². The van der Waals surface area contributed by atoms with Gasteiger partial charge in [0.25, 0.3) is 5.91 Å². The molecule has 1 saturated heterocycles. The van der Waals surface area contributed by atoms with E-state index in [4.69, 9.17) is 5.10 Å². The van der Waals surface area contributed by atoms with Crippen LogP contribution in [-0.4, -0.2) is 33.7 Å². The van der Waals surface area contributed by atoms with Gasteiger partial charge in [0.2, 0.25) is 0 Å². The van der Waals surface area contributed by atoms with Gasteiger partial charge in [-0.3, -0.25) is 4.79 Å². The second-order valence-corrected chi connectivity index (χ2v) is 7.45. The molecule has 0 spiro atoms. The van der Waals surface area contributed by atoms with Crippen molar-refractivity contribution in [1.29, 1.82) is 0 Å². The zero-order valence-electron chi connectivity index (χ0n) is 14.4. The highest BCUT2D eigenvalue weighted by molar-refractivity contribution is 9.10. The summed E-state index contributed by atoms with van der Waals surface area (Å²) in [5.41, 5.74) is 3.27. The molecule has 0 N–H and O–H groups in total. The van der Waals surface area contributed by atoms with Gasteiger partial charge in [0.05, 0.1) is 11.3 Å². The Balaban J connectivity index is 1.80. The van der Waals surface area contributed by atoms with E-state index < -0.39 is 0 Å². The molecule has 0 aliphatic carbocycles. The fraction of sp³-hybridized carbons (Fsp3) is 0.238. The highest BCUT2D eigenvalue weighted by atomic mass is 79.9. The van der Waals surface area contributed by atoms with Crippen LogP contribution >= 0.6 is 15.9 Å². The number of benzene rings is 2. The van der Waals surface area contributed by atoms with Gasteiger partial charge in [0.1, 0.15) is 5.69 Å². The molecule has 4 rings (SSSR count). The predicted molar refractivity (Wildman–Crippen MR) is 106 cm³/mol. The summed E-state index contributed by atoms with van der Waals surface area (Å²) in [5, 5.41) is 4.76. The number of halogens is 1. The predicted octanol–water partition coefficient (Wildman–Crippen LogP) is 4.93. The number of carbonyl (C=O) groups is 1. The first kappa shape index (κ1) is 17.0. The topological polar surface area (TPSA) is 38.1 Å². The maximum atomic E-state index is 13.2. The van der Waals surface area contributed by atoms with Crippen molar-refractivity contribution in [3.05, 3.63) is 70.8 Å². The van der Waals surface area contributed by atoms with E-state index >= 15 is 0 Å². The fourth-order valence-electron chi connectivity index (χ4n) is 3.36. The van der Waals surface area contributed by atoms with Gasteiger partial charge in [-0.2, -0.15) is 5.10 Å². The minimum Gasteiger partial charge on any atom is -0.339 e. The molecule has 2 heterocycles. The van der Waals surface area contributed by atoms with Crippen LogP contribution in [0.5, 0.6) is 0 Å². The van der Waals surface area contributed by atoms with Crippen LogP contribution in [0, 0.1) is 0 Å². The van der Waals surface area contributed by atoms with Crippen LogP contribution in [0.3, 0.4) is 0 Å². The number of likely N-dealkylation sites (tertiary alicyclic amines) is 1. The molecule has 26 heavy (non-hydrogen) atoms. The average Bonchev–Trinajstić information content (AvgIpc) is 3.14. The summed E-state index contributed by atoms with van der Waals surface area (Å²) in [6.45, 7) is 1.65. The summed E-state index contributed by atoms with van der Waals surface area (Å²) in [5.74, 6) is 0.0712. The lowest BCUT2D eigenvalue weighted by molar-refractivity contribution is 0.0725. The Hall–Kier alpha value is -2.40. The molecule has 3 aromatic rings. The van der Waals surface area contributed by atoms with Gasteiger partial charge in [-0.05, 0) is 43.5 Å². The molecule has 5 heteroatoms. The van der Waals surface area contributed by atoms with E-state index in [1.54, 1.807) is 4.68 Å². The van der Waals surface area contributed by atoms with E-state index in [1.807, 2.05) is 65.7 Å². The number of carbonyl (C=O) groups excluding carboxylic acids is 1. The Labute approximate surface area is 161 Å². The fourth-order valence-corrected chi connectivity index (χ4v) is 3.76. The first-order chi connectivity index (χ1) is 12.7. The third kappa shape index (κ3) is 3.44. The van der Waals surface area contributed by atoms with Crippen molar-refractivity contribution < 1.29 is 4.79 Å².